The fourth-order valence-electron chi connectivity index (χ4n) is 3.21. The first-order valence-corrected chi connectivity index (χ1v) is 12.1. The van der Waals surface area contributed by atoms with Crippen LogP contribution in [-0.2, 0) is 22.3 Å². The molecule has 0 fully saturated rings. The van der Waals surface area contributed by atoms with Gasteiger partial charge in [-0.3, -0.25) is 19.9 Å². The van der Waals surface area contributed by atoms with Crippen LogP contribution in [0.2, 0.25) is 0 Å². The number of nitrogens with zero attached hydrogens (tertiary/aromatic N) is 2. The van der Waals surface area contributed by atoms with Crippen LogP contribution in [0.25, 0.3) is 0 Å². The molecule has 0 aliphatic carbocycles. The molecule has 3 N–H and O–H groups in total. The standard InChI is InChI=1S/C23H25N5O5S/c1-16(20-5-3-4-12-25-20)27-21-11-10-19(13-22(21)28(30)31)23(29)26-14-17-6-8-18(9-7-17)15-34(32,33)24-2/h3-13,16,24,27H,14-15H2,1-2H3,(H,26,29). The van der Waals surface area contributed by atoms with Gasteiger partial charge < -0.3 is 10.6 Å². The number of carbonyl (C=O) groups is 1. The normalized spacial score (nSPS) is 12.1. The van der Waals surface area contributed by atoms with E-state index >= 15 is 0 Å². The van der Waals surface area contributed by atoms with Gasteiger partial charge in [-0.2, -0.15) is 0 Å². The molecule has 0 saturated carbocycles. The summed E-state index contributed by atoms with van der Waals surface area (Å²) in [7, 11) is -2.01. The van der Waals surface area contributed by atoms with E-state index in [1.54, 1.807) is 36.5 Å². The van der Waals surface area contributed by atoms with Crippen molar-refractivity contribution in [2.75, 3.05) is 12.4 Å². The van der Waals surface area contributed by atoms with Crippen LogP contribution in [0.15, 0.2) is 66.9 Å². The summed E-state index contributed by atoms with van der Waals surface area (Å²) in [6.45, 7) is 2.02. The third kappa shape index (κ3) is 6.59. The lowest BCUT2D eigenvalue weighted by Crippen LogP contribution is -2.23. The fourth-order valence-corrected chi connectivity index (χ4v) is 3.99. The van der Waals surface area contributed by atoms with E-state index in [4.69, 9.17) is 0 Å². The molecule has 3 rings (SSSR count). The van der Waals surface area contributed by atoms with Gasteiger partial charge in [-0.05, 0) is 49.4 Å². The quantitative estimate of drug-likeness (QED) is 0.297. The number of carbonyl (C=O) groups excluding carboxylic acids is 1. The van der Waals surface area contributed by atoms with Crippen LogP contribution in [0.3, 0.4) is 0 Å². The van der Waals surface area contributed by atoms with Crippen LogP contribution < -0.4 is 15.4 Å². The highest BCUT2D eigenvalue weighted by Gasteiger charge is 2.19. The largest absolute Gasteiger partial charge is 0.371 e. The second-order valence-electron chi connectivity index (χ2n) is 7.57. The van der Waals surface area contributed by atoms with Gasteiger partial charge in [-0.15, -0.1) is 0 Å². The molecular formula is C23H25N5O5S. The Labute approximate surface area is 197 Å². The summed E-state index contributed by atoms with van der Waals surface area (Å²) in [5.41, 5.74) is 2.32. The van der Waals surface area contributed by atoms with Crippen molar-refractivity contribution in [1.29, 1.82) is 0 Å². The van der Waals surface area contributed by atoms with Gasteiger partial charge in [-0.25, -0.2) is 13.1 Å². The van der Waals surface area contributed by atoms with Gasteiger partial charge in [-0.1, -0.05) is 30.3 Å². The molecule has 0 bridgehead atoms. The average molecular weight is 484 g/mol. The Kier molecular flexibility index (Phi) is 7.92. The number of amides is 1. The molecule has 11 heteroatoms. The SMILES string of the molecule is CNS(=O)(=O)Cc1ccc(CNC(=O)c2ccc(NC(C)c3ccccn3)c([N+](=O)[O-])c2)cc1. The van der Waals surface area contributed by atoms with Crippen molar-refractivity contribution in [2.24, 2.45) is 0 Å². The Morgan fingerprint density at radius 1 is 1.09 bits per heavy atom. The number of pyridine rings is 1. The molecule has 178 valence electrons. The summed E-state index contributed by atoms with van der Waals surface area (Å²) >= 11 is 0. The van der Waals surface area contributed by atoms with Gasteiger partial charge in [0.15, 0.2) is 0 Å². The number of nitrogens with one attached hydrogen (secondary N) is 3. The highest BCUT2D eigenvalue weighted by Crippen LogP contribution is 2.29. The number of hydrogen-bond donors (Lipinski definition) is 3. The first kappa shape index (κ1) is 24.8. The van der Waals surface area contributed by atoms with Crippen LogP contribution in [0.5, 0.6) is 0 Å². The first-order valence-electron chi connectivity index (χ1n) is 10.4. The van der Waals surface area contributed by atoms with Crippen molar-refractivity contribution in [3.63, 3.8) is 0 Å². The Bertz CT molecular complexity index is 1260. The molecule has 10 nitrogen and oxygen atoms in total. The Balaban J connectivity index is 1.67. The molecule has 1 amide bonds. The molecule has 1 aromatic heterocycles. The molecule has 0 aliphatic heterocycles. The predicted molar refractivity (Wildman–Crippen MR) is 129 cm³/mol. The van der Waals surface area contributed by atoms with Crippen molar-refractivity contribution in [3.8, 4) is 0 Å². The van der Waals surface area contributed by atoms with Gasteiger partial charge in [0.25, 0.3) is 11.6 Å². The number of nitro groups is 1. The lowest BCUT2D eigenvalue weighted by atomic mass is 10.1. The monoisotopic (exact) mass is 483 g/mol. The van der Waals surface area contributed by atoms with E-state index in [1.165, 1.54) is 25.2 Å². The molecule has 34 heavy (non-hydrogen) atoms. The van der Waals surface area contributed by atoms with Crippen molar-refractivity contribution in [2.45, 2.75) is 25.3 Å². The van der Waals surface area contributed by atoms with E-state index in [9.17, 15) is 23.3 Å². The molecule has 1 atom stereocenters. The summed E-state index contributed by atoms with van der Waals surface area (Å²) < 4.78 is 25.5. The zero-order chi connectivity index (χ0) is 24.7. The lowest BCUT2D eigenvalue weighted by Gasteiger charge is -2.15. The third-order valence-electron chi connectivity index (χ3n) is 5.10. The molecule has 1 unspecified atom stereocenters. The summed E-state index contributed by atoms with van der Waals surface area (Å²) in [5.74, 6) is -0.603. The first-order chi connectivity index (χ1) is 16.2. The van der Waals surface area contributed by atoms with Gasteiger partial charge in [0, 0.05) is 24.4 Å². The number of benzene rings is 2. The Morgan fingerprint density at radius 3 is 2.41 bits per heavy atom. The maximum Gasteiger partial charge on any atom is 0.293 e. The van der Waals surface area contributed by atoms with E-state index in [-0.39, 0.29) is 35.3 Å². The van der Waals surface area contributed by atoms with Crippen molar-refractivity contribution >= 4 is 27.3 Å². The van der Waals surface area contributed by atoms with Gasteiger partial charge in [0.2, 0.25) is 10.0 Å². The molecule has 0 aliphatic rings. The van der Waals surface area contributed by atoms with Crippen LogP contribution >= 0.6 is 0 Å². The Hall–Kier alpha value is -3.83. The smallest absolute Gasteiger partial charge is 0.293 e. The van der Waals surface area contributed by atoms with Crippen LogP contribution in [-0.4, -0.2) is 31.3 Å². The van der Waals surface area contributed by atoms with E-state index in [0.29, 0.717) is 5.56 Å². The maximum atomic E-state index is 12.6. The van der Waals surface area contributed by atoms with Crippen LogP contribution in [0.4, 0.5) is 11.4 Å². The molecule has 2 aromatic carbocycles. The highest BCUT2D eigenvalue weighted by molar-refractivity contribution is 7.88. The minimum atomic E-state index is -3.37. The minimum Gasteiger partial charge on any atom is -0.371 e. The molecule has 1 heterocycles. The number of rotatable bonds is 10. The minimum absolute atomic E-state index is 0.140. The topological polar surface area (TPSA) is 143 Å². The number of nitro benzene ring substituents is 1. The highest BCUT2D eigenvalue weighted by atomic mass is 32.2. The molecule has 0 radical (unpaired) electrons. The molecule has 0 saturated heterocycles. The number of hydrogen-bond acceptors (Lipinski definition) is 7. The summed E-state index contributed by atoms with van der Waals surface area (Å²) in [4.78, 5) is 27.9. The summed E-state index contributed by atoms with van der Waals surface area (Å²) in [5, 5.41) is 17.4. The van der Waals surface area contributed by atoms with E-state index in [0.717, 1.165) is 11.3 Å². The molecule has 0 spiro atoms. The number of sulfonamides is 1. The fraction of sp³-hybridized carbons (Fsp3) is 0.217. The van der Waals surface area contributed by atoms with Gasteiger partial charge in [0.05, 0.1) is 22.4 Å². The van der Waals surface area contributed by atoms with Crippen molar-refractivity contribution in [3.05, 3.63) is 99.4 Å². The lowest BCUT2D eigenvalue weighted by molar-refractivity contribution is -0.384. The predicted octanol–water partition coefficient (Wildman–Crippen LogP) is 3.14. The summed E-state index contributed by atoms with van der Waals surface area (Å²) in [6.07, 6.45) is 1.65. The van der Waals surface area contributed by atoms with Crippen LogP contribution in [0, 0.1) is 10.1 Å². The van der Waals surface area contributed by atoms with Crippen molar-refractivity contribution in [1.82, 2.24) is 15.0 Å². The van der Waals surface area contributed by atoms with E-state index in [2.05, 4.69) is 20.3 Å². The van der Waals surface area contributed by atoms with E-state index < -0.39 is 20.9 Å². The van der Waals surface area contributed by atoms with Gasteiger partial charge >= 0.3 is 0 Å². The maximum absolute atomic E-state index is 12.6. The molecular weight excluding hydrogens is 458 g/mol. The number of aromatic nitrogens is 1. The number of anilines is 1. The van der Waals surface area contributed by atoms with Gasteiger partial charge in [0.1, 0.15) is 5.69 Å². The zero-order valence-corrected chi connectivity index (χ0v) is 19.5. The second kappa shape index (κ2) is 10.9. The Morgan fingerprint density at radius 2 is 1.79 bits per heavy atom. The van der Waals surface area contributed by atoms with Crippen LogP contribution in [0.1, 0.15) is 40.1 Å². The zero-order valence-electron chi connectivity index (χ0n) is 18.7. The third-order valence-corrected chi connectivity index (χ3v) is 6.44. The van der Waals surface area contributed by atoms with Crippen molar-refractivity contribution < 1.29 is 18.1 Å². The second-order valence-corrected chi connectivity index (χ2v) is 9.50. The average Bonchev–Trinajstić information content (AvgIpc) is 2.83. The molecule has 3 aromatic rings. The summed E-state index contributed by atoms with van der Waals surface area (Å²) in [6, 6.07) is 16.2. The van der Waals surface area contributed by atoms with E-state index in [1.807, 2.05) is 19.1 Å².